The largest absolute Gasteiger partial charge is 0.459 e. The maximum Gasteiger partial charge on any atom is 0.291 e. The summed E-state index contributed by atoms with van der Waals surface area (Å²) in [7, 11) is 0. The summed E-state index contributed by atoms with van der Waals surface area (Å²) in [5, 5.41) is 7.32. The molecule has 0 aliphatic heterocycles. The van der Waals surface area contributed by atoms with Crippen molar-refractivity contribution in [2.45, 2.75) is 45.6 Å². The van der Waals surface area contributed by atoms with Crippen LogP contribution < -0.4 is 10.6 Å². The highest BCUT2D eigenvalue weighted by molar-refractivity contribution is 7.16. The molecule has 1 aromatic carbocycles. The lowest BCUT2D eigenvalue weighted by Crippen LogP contribution is -2.19. The van der Waals surface area contributed by atoms with E-state index in [9.17, 15) is 9.18 Å². The molecule has 8 heteroatoms. The van der Waals surface area contributed by atoms with Gasteiger partial charge in [-0.3, -0.25) is 4.79 Å². The summed E-state index contributed by atoms with van der Waals surface area (Å²) in [6, 6.07) is 11.3. The average molecular weight is 477 g/mol. The third kappa shape index (κ3) is 4.59. The number of fused-ring (bicyclic) bond motifs is 1. The molecule has 34 heavy (non-hydrogen) atoms. The fraction of sp³-hybridized carbons (Fsp3) is 0.269. The summed E-state index contributed by atoms with van der Waals surface area (Å²) in [4.78, 5) is 23.3. The minimum absolute atomic E-state index is 0.251. The Morgan fingerprint density at radius 3 is 2.53 bits per heavy atom. The summed E-state index contributed by atoms with van der Waals surface area (Å²) in [5.41, 5.74) is 4.79. The van der Waals surface area contributed by atoms with Crippen molar-refractivity contribution in [3.05, 3.63) is 93.3 Å². The van der Waals surface area contributed by atoms with E-state index in [-0.39, 0.29) is 23.5 Å². The number of nitrogens with one attached hydrogen (secondary N) is 2. The number of halogens is 1. The highest BCUT2D eigenvalue weighted by Gasteiger charge is 2.29. The van der Waals surface area contributed by atoms with Crippen molar-refractivity contribution >= 4 is 28.2 Å². The lowest BCUT2D eigenvalue weighted by Gasteiger charge is -2.24. The Bertz CT molecular complexity index is 1300. The smallest absolute Gasteiger partial charge is 0.291 e. The predicted octanol–water partition coefficient (Wildman–Crippen LogP) is 6.22. The van der Waals surface area contributed by atoms with Crippen molar-refractivity contribution in [1.82, 2.24) is 9.97 Å². The van der Waals surface area contributed by atoms with Crippen molar-refractivity contribution in [2.24, 2.45) is 0 Å². The molecule has 5 rings (SSSR count). The van der Waals surface area contributed by atoms with Crippen molar-refractivity contribution in [2.75, 3.05) is 10.6 Å². The summed E-state index contributed by atoms with van der Waals surface area (Å²) >= 11 is 1.60. The molecule has 2 N–H and O–H groups in total. The minimum atomic E-state index is -0.369. The Morgan fingerprint density at radius 2 is 1.82 bits per heavy atom. The SMILES string of the molecule is Cc1cc(C)nc(N[C@@H](c2ccc(F)cc2)c2c(NC(=O)c3ccco3)sc3c2CCCC3)n1. The quantitative estimate of drug-likeness (QED) is 0.345. The van der Waals surface area contributed by atoms with Gasteiger partial charge in [0.2, 0.25) is 5.95 Å². The molecule has 0 radical (unpaired) electrons. The second-order valence-electron chi connectivity index (χ2n) is 8.49. The second-order valence-corrected chi connectivity index (χ2v) is 9.59. The van der Waals surface area contributed by atoms with E-state index in [1.54, 1.807) is 35.6 Å². The van der Waals surface area contributed by atoms with Gasteiger partial charge in [-0.05, 0) is 81.0 Å². The number of nitrogens with zero attached hydrogens (tertiary/aromatic N) is 2. The number of thiophene rings is 1. The standard InChI is InChI=1S/C26H25FN4O2S/c1-15-14-16(2)29-26(28-15)30-23(17-9-11-18(27)12-10-17)22-19-6-3-4-8-21(19)34-25(22)31-24(32)20-7-5-13-33-20/h5,7,9-14,23H,3-4,6,8H2,1-2H3,(H,31,32)(H,28,29,30)/t23-/m0/s1. The molecule has 1 aliphatic rings. The molecule has 0 saturated heterocycles. The van der Waals surface area contributed by atoms with Gasteiger partial charge in [0.05, 0.1) is 12.3 Å². The maximum absolute atomic E-state index is 13.8. The van der Waals surface area contributed by atoms with Crippen molar-refractivity contribution in [1.29, 1.82) is 0 Å². The molecule has 4 aromatic rings. The van der Waals surface area contributed by atoms with Crippen LogP contribution in [-0.4, -0.2) is 15.9 Å². The first kappa shape index (κ1) is 22.3. The molecular weight excluding hydrogens is 451 g/mol. The number of carbonyl (C=O) groups is 1. The van der Waals surface area contributed by atoms with Gasteiger partial charge in [0.15, 0.2) is 5.76 Å². The number of rotatable bonds is 6. The zero-order valence-corrected chi connectivity index (χ0v) is 19.8. The first-order valence-electron chi connectivity index (χ1n) is 11.3. The predicted molar refractivity (Wildman–Crippen MR) is 131 cm³/mol. The fourth-order valence-corrected chi connectivity index (χ4v) is 5.78. The van der Waals surface area contributed by atoms with Gasteiger partial charge in [0.25, 0.3) is 5.91 Å². The van der Waals surface area contributed by atoms with Crippen LogP contribution in [-0.2, 0) is 12.8 Å². The topological polar surface area (TPSA) is 80.0 Å². The molecule has 3 aromatic heterocycles. The van der Waals surface area contributed by atoms with Crippen LogP contribution in [0.3, 0.4) is 0 Å². The monoisotopic (exact) mass is 476 g/mol. The van der Waals surface area contributed by atoms with Crippen molar-refractivity contribution in [3.63, 3.8) is 0 Å². The molecule has 174 valence electrons. The number of hydrogen-bond donors (Lipinski definition) is 2. The molecule has 0 fully saturated rings. The molecule has 0 saturated carbocycles. The molecule has 1 amide bonds. The molecule has 0 spiro atoms. The van der Waals surface area contributed by atoms with E-state index in [0.717, 1.165) is 53.2 Å². The Kier molecular flexibility index (Phi) is 6.15. The van der Waals surface area contributed by atoms with Gasteiger partial charge < -0.3 is 15.1 Å². The van der Waals surface area contributed by atoms with Gasteiger partial charge in [0.1, 0.15) is 10.8 Å². The van der Waals surface area contributed by atoms with Crippen LogP contribution in [0.2, 0.25) is 0 Å². The molecule has 1 atom stereocenters. The number of furan rings is 1. The fourth-order valence-electron chi connectivity index (χ4n) is 4.46. The van der Waals surface area contributed by atoms with E-state index in [4.69, 9.17) is 4.42 Å². The highest BCUT2D eigenvalue weighted by atomic mass is 32.1. The van der Waals surface area contributed by atoms with E-state index in [1.807, 2.05) is 19.9 Å². The normalized spacial score (nSPS) is 13.9. The molecule has 0 unspecified atom stereocenters. The number of anilines is 2. The van der Waals surface area contributed by atoms with Gasteiger partial charge in [-0.15, -0.1) is 11.3 Å². The molecule has 3 heterocycles. The Hall–Kier alpha value is -3.52. The summed E-state index contributed by atoms with van der Waals surface area (Å²) in [5.74, 6) is 0.140. The van der Waals surface area contributed by atoms with Crippen LogP contribution in [0.15, 0.2) is 53.1 Å². The van der Waals surface area contributed by atoms with E-state index < -0.39 is 0 Å². The minimum Gasteiger partial charge on any atom is -0.459 e. The summed E-state index contributed by atoms with van der Waals surface area (Å²) in [6.07, 6.45) is 5.58. The van der Waals surface area contributed by atoms with Crippen LogP contribution in [0.1, 0.15) is 62.4 Å². The van der Waals surface area contributed by atoms with Crippen LogP contribution in [0.5, 0.6) is 0 Å². The summed E-state index contributed by atoms with van der Waals surface area (Å²) < 4.78 is 19.1. The second kappa shape index (κ2) is 9.38. The first-order chi connectivity index (χ1) is 16.5. The zero-order chi connectivity index (χ0) is 23.7. The zero-order valence-electron chi connectivity index (χ0n) is 19.0. The number of aromatic nitrogens is 2. The molecule has 0 bridgehead atoms. The van der Waals surface area contributed by atoms with Gasteiger partial charge in [0, 0.05) is 21.8 Å². The Labute approximate surface area is 201 Å². The van der Waals surface area contributed by atoms with Crippen LogP contribution in [0, 0.1) is 19.7 Å². The van der Waals surface area contributed by atoms with E-state index in [2.05, 4.69) is 20.6 Å². The lowest BCUT2D eigenvalue weighted by atomic mass is 9.89. The third-order valence-corrected chi connectivity index (χ3v) is 7.15. The maximum atomic E-state index is 13.8. The van der Waals surface area contributed by atoms with Crippen molar-refractivity contribution < 1.29 is 13.6 Å². The average Bonchev–Trinajstić information content (AvgIpc) is 3.46. The van der Waals surface area contributed by atoms with Crippen LogP contribution in [0.4, 0.5) is 15.3 Å². The molecule has 1 aliphatic carbocycles. The van der Waals surface area contributed by atoms with Gasteiger partial charge in [-0.2, -0.15) is 0 Å². The Morgan fingerprint density at radius 1 is 1.09 bits per heavy atom. The molecular formula is C26H25FN4O2S. The van der Waals surface area contributed by atoms with Gasteiger partial charge in [-0.1, -0.05) is 12.1 Å². The Balaban J connectivity index is 1.62. The van der Waals surface area contributed by atoms with E-state index in [1.165, 1.54) is 28.8 Å². The third-order valence-electron chi connectivity index (χ3n) is 5.93. The number of benzene rings is 1. The lowest BCUT2D eigenvalue weighted by molar-refractivity contribution is 0.0997. The number of amides is 1. The number of hydrogen-bond acceptors (Lipinski definition) is 6. The van der Waals surface area contributed by atoms with Gasteiger partial charge >= 0.3 is 0 Å². The number of aryl methyl sites for hydroxylation is 3. The van der Waals surface area contributed by atoms with E-state index >= 15 is 0 Å². The van der Waals surface area contributed by atoms with Crippen LogP contribution >= 0.6 is 11.3 Å². The van der Waals surface area contributed by atoms with Crippen molar-refractivity contribution in [3.8, 4) is 0 Å². The van der Waals surface area contributed by atoms with Gasteiger partial charge in [-0.25, -0.2) is 14.4 Å². The first-order valence-corrected chi connectivity index (χ1v) is 12.1. The van der Waals surface area contributed by atoms with E-state index in [0.29, 0.717) is 5.95 Å². The molecule has 6 nitrogen and oxygen atoms in total. The van der Waals surface area contributed by atoms with Crippen LogP contribution in [0.25, 0.3) is 0 Å². The summed E-state index contributed by atoms with van der Waals surface area (Å²) in [6.45, 7) is 3.85. The highest BCUT2D eigenvalue weighted by Crippen LogP contribution is 2.44. The number of carbonyl (C=O) groups excluding carboxylic acids is 1.